The monoisotopic (exact) mass is 306 g/mol. The normalized spacial score (nSPS) is 10.3. The molecule has 0 bridgehead atoms. The van der Waals surface area contributed by atoms with Gasteiger partial charge in [-0.15, -0.1) is 0 Å². The zero-order valence-electron chi connectivity index (χ0n) is 12.8. The summed E-state index contributed by atoms with van der Waals surface area (Å²) < 4.78 is 0. The maximum atomic E-state index is 9.58. The molecular weight excluding hydrogens is 288 g/mol. The average molecular weight is 306 g/mol. The van der Waals surface area contributed by atoms with Crippen molar-refractivity contribution in [2.45, 2.75) is 6.92 Å². The fourth-order valence-corrected chi connectivity index (χ4v) is 2.24. The first-order valence-electron chi connectivity index (χ1n) is 7.49. The molecule has 1 heterocycles. The molecule has 3 N–H and O–H groups in total. The third kappa shape index (κ3) is 3.77. The van der Waals surface area contributed by atoms with Crippen LogP contribution in [0.2, 0.25) is 0 Å². The lowest BCUT2D eigenvalue weighted by molar-refractivity contribution is 0.475. The van der Waals surface area contributed by atoms with Crippen LogP contribution in [-0.2, 0) is 0 Å². The Morgan fingerprint density at radius 2 is 1.78 bits per heavy atom. The number of benzene rings is 2. The molecule has 0 unspecified atom stereocenters. The first kappa shape index (κ1) is 14.8. The molecule has 5 heteroatoms. The van der Waals surface area contributed by atoms with E-state index in [-0.39, 0.29) is 5.75 Å². The number of rotatable bonds is 5. The van der Waals surface area contributed by atoms with E-state index in [9.17, 15) is 5.11 Å². The lowest BCUT2D eigenvalue weighted by Crippen LogP contribution is -2.05. The van der Waals surface area contributed by atoms with Gasteiger partial charge in [-0.3, -0.25) is 0 Å². The van der Waals surface area contributed by atoms with Crippen LogP contribution in [0, 0.1) is 0 Å². The molecule has 0 amide bonds. The Kier molecular flexibility index (Phi) is 4.38. The van der Waals surface area contributed by atoms with Crippen LogP contribution in [0.25, 0.3) is 11.3 Å². The summed E-state index contributed by atoms with van der Waals surface area (Å²) in [6, 6.07) is 18.8. The highest BCUT2D eigenvalue weighted by Gasteiger charge is 2.07. The Balaban J connectivity index is 1.97. The summed E-state index contributed by atoms with van der Waals surface area (Å²) in [4.78, 5) is 9.00. The van der Waals surface area contributed by atoms with Crippen molar-refractivity contribution in [2.75, 3.05) is 17.2 Å². The molecule has 0 atom stereocenters. The molecule has 116 valence electrons. The second kappa shape index (κ2) is 6.79. The Labute approximate surface area is 135 Å². The predicted molar refractivity (Wildman–Crippen MR) is 93.0 cm³/mol. The van der Waals surface area contributed by atoms with Gasteiger partial charge in [0, 0.05) is 29.9 Å². The zero-order chi connectivity index (χ0) is 16.1. The second-order valence-electron chi connectivity index (χ2n) is 5.03. The fraction of sp³-hybridized carbons (Fsp3) is 0.111. The number of aromatic hydroxyl groups is 1. The van der Waals surface area contributed by atoms with Gasteiger partial charge < -0.3 is 15.7 Å². The van der Waals surface area contributed by atoms with Crippen LogP contribution in [0.4, 0.5) is 17.5 Å². The molecule has 3 rings (SSSR count). The average Bonchev–Trinajstić information content (AvgIpc) is 2.56. The summed E-state index contributed by atoms with van der Waals surface area (Å²) in [7, 11) is 0. The smallest absolute Gasteiger partial charge is 0.225 e. The van der Waals surface area contributed by atoms with Gasteiger partial charge in [-0.05, 0) is 19.1 Å². The highest BCUT2D eigenvalue weighted by Crippen LogP contribution is 2.24. The van der Waals surface area contributed by atoms with Crippen LogP contribution >= 0.6 is 0 Å². The number of nitrogens with one attached hydrogen (secondary N) is 2. The van der Waals surface area contributed by atoms with Crippen LogP contribution in [0.15, 0.2) is 60.7 Å². The Morgan fingerprint density at radius 3 is 2.52 bits per heavy atom. The Bertz CT molecular complexity index is 790. The minimum Gasteiger partial charge on any atom is -0.508 e. The van der Waals surface area contributed by atoms with Gasteiger partial charge >= 0.3 is 0 Å². The standard InChI is InChI=1S/C18H18N4O/c1-2-19-18-21-16(13-7-4-3-5-8-13)12-17(22-18)20-14-9-6-10-15(23)11-14/h3-12,23H,2H2,1H3,(H2,19,20,21,22). The van der Waals surface area contributed by atoms with Gasteiger partial charge in [0.25, 0.3) is 0 Å². The number of nitrogens with zero attached hydrogens (tertiary/aromatic N) is 2. The molecule has 0 fully saturated rings. The van der Waals surface area contributed by atoms with Gasteiger partial charge in [-0.25, -0.2) is 4.98 Å². The maximum Gasteiger partial charge on any atom is 0.225 e. The quantitative estimate of drug-likeness (QED) is 0.664. The number of phenols is 1. The van der Waals surface area contributed by atoms with Crippen molar-refractivity contribution in [3.63, 3.8) is 0 Å². The van der Waals surface area contributed by atoms with E-state index in [0.717, 1.165) is 23.5 Å². The van der Waals surface area contributed by atoms with Gasteiger partial charge in [0.2, 0.25) is 5.95 Å². The molecule has 0 spiro atoms. The van der Waals surface area contributed by atoms with Crippen molar-refractivity contribution in [3.05, 3.63) is 60.7 Å². The maximum absolute atomic E-state index is 9.58. The minimum absolute atomic E-state index is 0.208. The molecule has 3 aromatic rings. The largest absolute Gasteiger partial charge is 0.508 e. The van der Waals surface area contributed by atoms with E-state index in [2.05, 4.69) is 20.6 Å². The Morgan fingerprint density at radius 1 is 0.957 bits per heavy atom. The van der Waals surface area contributed by atoms with Crippen LogP contribution in [0.3, 0.4) is 0 Å². The van der Waals surface area contributed by atoms with Gasteiger partial charge in [0.15, 0.2) is 0 Å². The number of phenolic OH excluding ortho intramolecular Hbond substituents is 1. The molecule has 0 saturated heterocycles. The van der Waals surface area contributed by atoms with Crippen LogP contribution in [0.5, 0.6) is 5.75 Å². The van der Waals surface area contributed by atoms with Crippen molar-refractivity contribution in [3.8, 4) is 17.0 Å². The van der Waals surface area contributed by atoms with E-state index in [1.54, 1.807) is 18.2 Å². The number of hydrogen-bond donors (Lipinski definition) is 3. The lowest BCUT2D eigenvalue weighted by atomic mass is 10.1. The van der Waals surface area contributed by atoms with Crippen molar-refractivity contribution in [2.24, 2.45) is 0 Å². The van der Waals surface area contributed by atoms with E-state index >= 15 is 0 Å². The summed E-state index contributed by atoms with van der Waals surface area (Å²) in [5, 5.41) is 15.9. The molecule has 0 aliphatic rings. The molecule has 0 aliphatic heterocycles. The Hall–Kier alpha value is -3.08. The number of anilines is 3. The van der Waals surface area contributed by atoms with Gasteiger partial charge in [0.1, 0.15) is 11.6 Å². The predicted octanol–water partition coefficient (Wildman–Crippen LogP) is 4.02. The highest BCUT2D eigenvalue weighted by molar-refractivity contribution is 5.67. The molecule has 2 aromatic carbocycles. The SMILES string of the molecule is CCNc1nc(Nc2cccc(O)c2)cc(-c2ccccc2)n1. The molecule has 5 nitrogen and oxygen atoms in total. The zero-order valence-corrected chi connectivity index (χ0v) is 12.8. The van der Waals surface area contributed by atoms with E-state index in [0.29, 0.717) is 11.8 Å². The summed E-state index contributed by atoms with van der Waals surface area (Å²) in [6.07, 6.45) is 0. The first-order chi connectivity index (χ1) is 11.2. The number of aromatic nitrogens is 2. The second-order valence-corrected chi connectivity index (χ2v) is 5.03. The summed E-state index contributed by atoms with van der Waals surface area (Å²) in [6.45, 7) is 2.74. The molecular formula is C18H18N4O. The van der Waals surface area contributed by atoms with Crippen molar-refractivity contribution < 1.29 is 5.11 Å². The van der Waals surface area contributed by atoms with Crippen LogP contribution < -0.4 is 10.6 Å². The molecule has 0 saturated carbocycles. The van der Waals surface area contributed by atoms with E-state index in [1.165, 1.54) is 0 Å². The van der Waals surface area contributed by atoms with Crippen molar-refractivity contribution in [1.82, 2.24) is 9.97 Å². The van der Waals surface area contributed by atoms with Crippen LogP contribution in [0.1, 0.15) is 6.92 Å². The summed E-state index contributed by atoms with van der Waals surface area (Å²) in [5.41, 5.74) is 2.62. The lowest BCUT2D eigenvalue weighted by Gasteiger charge is -2.11. The van der Waals surface area contributed by atoms with E-state index in [4.69, 9.17) is 0 Å². The van der Waals surface area contributed by atoms with Crippen molar-refractivity contribution >= 4 is 17.5 Å². The molecule has 1 aromatic heterocycles. The van der Waals surface area contributed by atoms with E-state index < -0.39 is 0 Å². The third-order valence-corrected chi connectivity index (χ3v) is 3.25. The third-order valence-electron chi connectivity index (χ3n) is 3.25. The molecule has 23 heavy (non-hydrogen) atoms. The van der Waals surface area contributed by atoms with Crippen molar-refractivity contribution in [1.29, 1.82) is 0 Å². The molecule has 0 aliphatic carbocycles. The van der Waals surface area contributed by atoms with Gasteiger partial charge in [-0.2, -0.15) is 4.98 Å². The topological polar surface area (TPSA) is 70.1 Å². The van der Waals surface area contributed by atoms with Gasteiger partial charge in [0.05, 0.1) is 5.69 Å². The fourth-order valence-electron chi connectivity index (χ4n) is 2.24. The first-order valence-corrected chi connectivity index (χ1v) is 7.49. The summed E-state index contributed by atoms with van der Waals surface area (Å²) >= 11 is 0. The van der Waals surface area contributed by atoms with E-state index in [1.807, 2.05) is 49.4 Å². The highest BCUT2D eigenvalue weighted by atomic mass is 16.3. The molecule has 0 radical (unpaired) electrons. The number of hydrogen-bond acceptors (Lipinski definition) is 5. The van der Waals surface area contributed by atoms with Crippen LogP contribution in [-0.4, -0.2) is 21.6 Å². The summed E-state index contributed by atoms with van der Waals surface area (Å²) in [5.74, 6) is 1.44. The van der Waals surface area contributed by atoms with Gasteiger partial charge in [-0.1, -0.05) is 36.4 Å². The minimum atomic E-state index is 0.208.